The van der Waals surface area contributed by atoms with E-state index in [2.05, 4.69) is 5.32 Å². The zero-order chi connectivity index (χ0) is 12.7. The average molecular weight is 244 g/mol. The monoisotopic (exact) mass is 244 g/mol. The van der Waals surface area contributed by atoms with E-state index in [4.69, 9.17) is 0 Å². The first-order valence-electron chi connectivity index (χ1n) is 6.38. The molecule has 2 atom stereocenters. The normalized spacial score (nSPS) is 26.8. The number of benzene rings is 1. The van der Waals surface area contributed by atoms with E-state index in [9.17, 15) is 9.59 Å². The number of imide groups is 1. The summed E-state index contributed by atoms with van der Waals surface area (Å²) < 4.78 is 0. The Hall–Kier alpha value is -1.68. The van der Waals surface area contributed by atoms with Gasteiger partial charge in [-0.05, 0) is 38.4 Å². The van der Waals surface area contributed by atoms with Gasteiger partial charge in [-0.1, -0.05) is 12.1 Å². The summed E-state index contributed by atoms with van der Waals surface area (Å²) >= 11 is 0. The molecule has 0 spiro atoms. The molecule has 1 N–H and O–H groups in total. The van der Waals surface area contributed by atoms with Crippen LogP contribution >= 0.6 is 0 Å². The van der Waals surface area contributed by atoms with Gasteiger partial charge >= 0.3 is 0 Å². The predicted octanol–water partition coefficient (Wildman–Crippen LogP) is 1.42. The van der Waals surface area contributed by atoms with Gasteiger partial charge in [-0.3, -0.25) is 14.5 Å². The van der Waals surface area contributed by atoms with E-state index >= 15 is 0 Å². The Morgan fingerprint density at radius 2 is 1.72 bits per heavy atom. The van der Waals surface area contributed by atoms with Crippen LogP contribution < -0.4 is 5.32 Å². The molecule has 0 aromatic heterocycles. The zero-order valence-corrected chi connectivity index (χ0v) is 10.3. The molecule has 0 radical (unpaired) electrons. The van der Waals surface area contributed by atoms with Gasteiger partial charge in [-0.15, -0.1) is 0 Å². The number of carbonyl (C=O) groups is 2. The van der Waals surface area contributed by atoms with Gasteiger partial charge in [0.25, 0.3) is 11.8 Å². The first-order valence-corrected chi connectivity index (χ1v) is 6.38. The Kier molecular flexibility index (Phi) is 2.67. The molecule has 1 heterocycles. The third kappa shape index (κ3) is 1.49. The van der Waals surface area contributed by atoms with Gasteiger partial charge in [-0.2, -0.15) is 0 Å². The highest BCUT2D eigenvalue weighted by molar-refractivity contribution is 6.21. The molecule has 1 aliphatic carbocycles. The van der Waals surface area contributed by atoms with Crippen LogP contribution in [0.4, 0.5) is 0 Å². The molecule has 94 valence electrons. The predicted molar refractivity (Wildman–Crippen MR) is 67.4 cm³/mol. The van der Waals surface area contributed by atoms with Crippen molar-refractivity contribution >= 4 is 11.8 Å². The van der Waals surface area contributed by atoms with Crippen LogP contribution in [-0.4, -0.2) is 35.8 Å². The number of amides is 2. The fraction of sp³-hybridized carbons (Fsp3) is 0.429. The molecule has 4 heteroatoms. The summed E-state index contributed by atoms with van der Waals surface area (Å²) in [5.41, 5.74) is 1.09. The summed E-state index contributed by atoms with van der Waals surface area (Å²) in [6.07, 6.45) is 2.98. The number of nitrogens with one attached hydrogen (secondary N) is 1. The SMILES string of the molecule is CN[C@@H]1CCC[C@H]1N1C(=O)c2ccccc2C1=O. The van der Waals surface area contributed by atoms with Crippen LogP contribution in [0.3, 0.4) is 0 Å². The minimum atomic E-state index is -0.136. The highest BCUT2D eigenvalue weighted by Gasteiger charge is 2.43. The molecule has 2 amide bonds. The Morgan fingerprint density at radius 1 is 1.11 bits per heavy atom. The molecule has 0 saturated heterocycles. The fourth-order valence-corrected chi connectivity index (χ4v) is 3.10. The minimum absolute atomic E-state index is 0.00222. The second-order valence-corrected chi connectivity index (χ2v) is 4.92. The lowest BCUT2D eigenvalue weighted by Gasteiger charge is -2.27. The number of rotatable bonds is 2. The first-order chi connectivity index (χ1) is 8.74. The minimum Gasteiger partial charge on any atom is -0.315 e. The van der Waals surface area contributed by atoms with Crippen LogP contribution in [0.2, 0.25) is 0 Å². The quantitative estimate of drug-likeness (QED) is 0.800. The number of carbonyl (C=O) groups excluding carboxylic acids is 2. The molecule has 1 fully saturated rings. The van der Waals surface area contributed by atoms with Crippen LogP contribution in [0.1, 0.15) is 40.0 Å². The lowest BCUT2D eigenvalue weighted by atomic mass is 10.1. The highest BCUT2D eigenvalue weighted by Crippen LogP contribution is 2.31. The standard InChI is InChI=1S/C14H16N2O2/c1-15-11-7-4-8-12(11)16-13(17)9-5-2-3-6-10(9)14(16)18/h2-3,5-6,11-12,15H,4,7-8H2,1H3/t11-,12-/m1/s1. The van der Waals surface area contributed by atoms with Gasteiger partial charge < -0.3 is 5.32 Å². The van der Waals surface area contributed by atoms with Crippen molar-refractivity contribution in [2.75, 3.05) is 7.05 Å². The van der Waals surface area contributed by atoms with Crippen molar-refractivity contribution in [2.24, 2.45) is 0 Å². The summed E-state index contributed by atoms with van der Waals surface area (Å²) in [5, 5.41) is 3.21. The van der Waals surface area contributed by atoms with Crippen LogP contribution in [0.5, 0.6) is 0 Å². The maximum Gasteiger partial charge on any atom is 0.261 e. The van der Waals surface area contributed by atoms with Gasteiger partial charge in [0, 0.05) is 6.04 Å². The summed E-state index contributed by atoms with van der Waals surface area (Å²) in [4.78, 5) is 26.1. The van der Waals surface area contributed by atoms with E-state index in [1.54, 1.807) is 24.3 Å². The highest BCUT2D eigenvalue weighted by atomic mass is 16.2. The molecular weight excluding hydrogens is 228 g/mol. The van der Waals surface area contributed by atoms with Crippen molar-refractivity contribution < 1.29 is 9.59 Å². The second kappa shape index (κ2) is 4.21. The van der Waals surface area contributed by atoms with Crippen molar-refractivity contribution in [1.82, 2.24) is 10.2 Å². The lowest BCUT2D eigenvalue weighted by molar-refractivity contribution is 0.0567. The summed E-state index contributed by atoms with van der Waals surface area (Å²) in [6.45, 7) is 0. The number of nitrogens with zero attached hydrogens (tertiary/aromatic N) is 1. The van der Waals surface area contributed by atoms with Crippen molar-refractivity contribution in [2.45, 2.75) is 31.3 Å². The molecule has 3 rings (SSSR count). The van der Waals surface area contributed by atoms with Crippen LogP contribution in [0.15, 0.2) is 24.3 Å². The van der Waals surface area contributed by atoms with E-state index < -0.39 is 0 Å². The van der Waals surface area contributed by atoms with Gasteiger partial charge in [0.15, 0.2) is 0 Å². The van der Waals surface area contributed by atoms with Gasteiger partial charge in [0.1, 0.15) is 0 Å². The molecule has 2 aliphatic rings. The smallest absolute Gasteiger partial charge is 0.261 e. The molecule has 4 nitrogen and oxygen atoms in total. The molecule has 1 aromatic carbocycles. The topological polar surface area (TPSA) is 49.4 Å². The Labute approximate surface area is 106 Å². The maximum atomic E-state index is 12.3. The molecule has 0 unspecified atom stereocenters. The van der Waals surface area contributed by atoms with Gasteiger partial charge in [0.05, 0.1) is 17.2 Å². The Morgan fingerprint density at radius 3 is 2.28 bits per heavy atom. The Balaban J connectivity index is 1.97. The summed E-state index contributed by atoms with van der Waals surface area (Å²) in [5.74, 6) is -0.273. The third-order valence-corrected chi connectivity index (χ3v) is 4.01. The molecule has 1 saturated carbocycles. The largest absolute Gasteiger partial charge is 0.315 e. The number of hydrogen-bond donors (Lipinski definition) is 1. The first kappa shape index (κ1) is 11.4. The lowest BCUT2D eigenvalue weighted by Crippen LogP contribution is -2.48. The van der Waals surface area contributed by atoms with Crippen LogP contribution in [0, 0.1) is 0 Å². The number of fused-ring (bicyclic) bond motifs is 1. The molecule has 1 aliphatic heterocycles. The van der Waals surface area contributed by atoms with Crippen molar-refractivity contribution in [3.63, 3.8) is 0 Å². The average Bonchev–Trinajstić information content (AvgIpc) is 2.95. The van der Waals surface area contributed by atoms with Crippen molar-refractivity contribution in [3.8, 4) is 0 Å². The van der Waals surface area contributed by atoms with E-state index in [0.29, 0.717) is 11.1 Å². The van der Waals surface area contributed by atoms with Crippen molar-refractivity contribution in [3.05, 3.63) is 35.4 Å². The van der Waals surface area contributed by atoms with Gasteiger partial charge in [0.2, 0.25) is 0 Å². The second-order valence-electron chi connectivity index (χ2n) is 4.92. The van der Waals surface area contributed by atoms with Gasteiger partial charge in [-0.25, -0.2) is 0 Å². The molecule has 1 aromatic rings. The number of likely N-dealkylation sites (N-methyl/N-ethyl adjacent to an activating group) is 1. The van der Waals surface area contributed by atoms with E-state index in [1.807, 2.05) is 7.05 Å². The number of hydrogen-bond acceptors (Lipinski definition) is 3. The summed E-state index contributed by atoms with van der Waals surface area (Å²) in [6, 6.07) is 7.31. The van der Waals surface area contributed by atoms with Crippen molar-refractivity contribution in [1.29, 1.82) is 0 Å². The molecule has 18 heavy (non-hydrogen) atoms. The Bertz CT molecular complexity index is 477. The van der Waals surface area contributed by atoms with E-state index in [1.165, 1.54) is 4.90 Å². The van der Waals surface area contributed by atoms with E-state index in [0.717, 1.165) is 19.3 Å². The fourth-order valence-electron chi connectivity index (χ4n) is 3.10. The third-order valence-electron chi connectivity index (χ3n) is 4.01. The van der Waals surface area contributed by atoms with E-state index in [-0.39, 0.29) is 23.9 Å². The molecule has 0 bridgehead atoms. The molecular formula is C14H16N2O2. The summed E-state index contributed by atoms with van der Waals surface area (Å²) in [7, 11) is 1.89. The van der Waals surface area contributed by atoms with Crippen LogP contribution in [0.25, 0.3) is 0 Å². The maximum absolute atomic E-state index is 12.3. The zero-order valence-electron chi connectivity index (χ0n) is 10.3. The van der Waals surface area contributed by atoms with Crippen LogP contribution in [-0.2, 0) is 0 Å².